The molecule has 0 fully saturated rings. The fourth-order valence-electron chi connectivity index (χ4n) is 0.470. The molecule has 0 rings (SSSR count). The van der Waals surface area contributed by atoms with Crippen LogP contribution in [0.25, 0.3) is 5.84 Å². The van der Waals surface area contributed by atoms with Crippen LogP contribution in [0.3, 0.4) is 0 Å². The van der Waals surface area contributed by atoms with Gasteiger partial charge in [-0.05, 0) is 0 Å². The Labute approximate surface area is 75.5 Å². The molecule has 0 aromatic heterocycles. The number of ether oxygens (including phenoxy) is 2. The van der Waals surface area contributed by atoms with Gasteiger partial charge in [0, 0.05) is 6.42 Å². The van der Waals surface area contributed by atoms with Crippen molar-refractivity contribution in [3.05, 3.63) is 5.84 Å². The van der Waals surface area contributed by atoms with Crippen molar-refractivity contribution >= 4 is 12.1 Å². The maximum Gasteiger partial charge on any atom is 0.524 e. The van der Waals surface area contributed by atoms with Gasteiger partial charge < -0.3 is 15.3 Å². The van der Waals surface area contributed by atoms with Crippen LogP contribution < -0.4 is 11.0 Å². The topological polar surface area (TPSA) is 107 Å². The van der Waals surface area contributed by atoms with E-state index in [1.165, 1.54) is 0 Å². The number of amides is 1. The van der Waals surface area contributed by atoms with Crippen LogP contribution in [0.4, 0.5) is 4.79 Å². The van der Waals surface area contributed by atoms with E-state index < -0.39 is 11.2 Å². The van der Waals surface area contributed by atoms with Crippen molar-refractivity contribution < 1.29 is 24.2 Å². The SMILES string of the molecule is CCC(=O)OCCOC(=O)[NH+]([NH-])N. The van der Waals surface area contributed by atoms with E-state index in [0.29, 0.717) is 0 Å². The minimum absolute atomic E-state index is 0.00824. The van der Waals surface area contributed by atoms with Crippen LogP contribution in [0.2, 0.25) is 0 Å². The second kappa shape index (κ2) is 6.35. The lowest BCUT2D eigenvalue weighted by Gasteiger charge is -2.10. The summed E-state index contributed by atoms with van der Waals surface area (Å²) in [5, 5.41) is -0.665. The van der Waals surface area contributed by atoms with Crippen molar-refractivity contribution in [1.29, 1.82) is 0 Å². The van der Waals surface area contributed by atoms with Crippen LogP contribution in [-0.2, 0) is 14.3 Å². The molecule has 0 aliphatic carbocycles. The van der Waals surface area contributed by atoms with Gasteiger partial charge in [-0.15, -0.1) is 0 Å². The van der Waals surface area contributed by atoms with Crippen LogP contribution in [0, 0.1) is 0 Å². The van der Waals surface area contributed by atoms with E-state index in [1.54, 1.807) is 6.92 Å². The van der Waals surface area contributed by atoms with Gasteiger partial charge in [0.1, 0.15) is 13.2 Å². The molecule has 7 heteroatoms. The second-order valence-corrected chi connectivity index (χ2v) is 2.12. The number of carbonyl (C=O) groups is 2. The zero-order chi connectivity index (χ0) is 10.3. The van der Waals surface area contributed by atoms with E-state index in [1.807, 2.05) is 0 Å². The monoisotopic (exact) mass is 191 g/mol. The van der Waals surface area contributed by atoms with Gasteiger partial charge in [-0.2, -0.15) is 10.6 Å². The van der Waals surface area contributed by atoms with Crippen molar-refractivity contribution in [2.45, 2.75) is 13.3 Å². The van der Waals surface area contributed by atoms with E-state index >= 15 is 0 Å². The zero-order valence-corrected chi connectivity index (χ0v) is 7.33. The van der Waals surface area contributed by atoms with Gasteiger partial charge in [-0.3, -0.25) is 4.79 Å². The lowest BCUT2D eigenvalue weighted by molar-refractivity contribution is -0.781. The van der Waals surface area contributed by atoms with Crippen molar-refractivity contribution in [1.82, 2.24) is 0 Å². The van der Waals surface area contributed by atoms with Gasteiger partial charge in [0.05, 0.1) is 0 Å². The Morgan fingerprint density at radius 1 is 1.38 bits per heavy atom. The summed E-state index contributed by atoms with van der Waals surface area (Å²) in [6, 6.07) is 0. The molecular formula is C6H13N3O4. The lowest BCUT2D eigenvalue weighted by Crippen LogP contribution is -3.14. The summed E-state index contributed by atoms with van der Waals surface area (Å²) in [7, 11) is 0. The van der Waals surface area contributed by atoms with Crippen LogP contribution in [0.1, 0.15) is 13.3 Å². The quantitative estimate of drug-likeness (QED) is 0.191. The molecule has 76 valence electrons. The third-order valence-electron chi connectivity index (χ3n) is 1.09. The third-order valence-corrected chi connectivity index (χ3v) is 1.09. The first-order chi connectivity index (χ1) is 6.07. The molecule has 0 radical (unpaired) electrons. The molecule has 0 aromatic rings. The van der Waals surface area contributed by atoms with Gasteiger partial charge >= 0.3 is 12.1 Å². The zero-order valence-electron chi connectivity index (χ0n) is 7.33. The summed E-state index contributed by atoms with van der Waals surface area (Å²) in [4.78, 5) is 21.1. The second-order valence-electron chi connectivity index (χ2n) is 2.12. The average molecular weight is 191 g/mol. The minimum Gasteiger partial charge on any atom is -0.462 e. The van der Waals surface area contributed by atoms with Crippen molar-refractivity contribution in [2.24, 2.45) is 5.84 Å². The molecule has 4 N–H and O–H groups in total. The Bertz CT molecular complexity index is 183. The largest absolute Gasteiger partial charge is 0.524 e. The number of quaternary nitrogens is 1. The summed E-state index contributed by atoms with van der Waals surface area (Å²) in [6.07, 6.45) is -0.631. The van der Waals surface area contributed by atoms with E-state index in [-0.39, 0.29) is 25.6 Å². The first kappa shape index (κ1) is 11.8. The molecule has 13 heavy (non-hydrogen) atoms. The van der Waals surface area contributed by atoms with Gasteiger partial charge in [0.25, 0.3) is 0 Å². The molecule has 0 aromatic carbocycles. The van der Waals surface area contributed by atoms with Crippen LogP contribution in [-0.4, -0.2) is 25.3 Å². The van der Waals surface area contributed by atoms with E-state index in [2.05, 4.69) is 9.47 Å². The smallest absolute Gasteiger partial charge is 0.462 e. The van der Waals surface area contributed by atoms with Crippen LogP contribution >= 0.6 is 0 Å². The summed E-state index contributed by atoms with van der Waals surface area (Å²) in [5.74, 6) is 11.1. The number of rotatable bonds is 4. The third kappa shape index (κ3) is 6.02. The predicted octanol–water partition coefficient (Wildman–Crippen LogP) is -1.20. The number of esters is 1. The predicted molar refractivity (Wildman–Crippen MR) is 42.1 cm³/mol. The highest BCUT2D eigenvalue weighted by Crippen LogP contribution is 1.84. The van der Waals surface area contributed by atoms with E-state index in [4.69, 9.17) is 11.7 Å². The molecular weight excluding hydrogens is 178 g/mol. The van der Waals surface area contributed by atoms with Crippen molar-refractivity contribution in [2.75, 3.05) is 13.2 Å². The van der Waals surface area contributed by atoms with E-state index in [9.17, 15) is 9.59 Å². The molecule has 0 heterocycles. The Morgan fingerprint density at radius 2 is 1.92 bits per heavy atom. The number of hydrogen-bond donors (Lipinski definition) is 2. The molecule has 0 bridgehead atoms. The Balaban J connectivity index is 3.36. The van der Waals surface area contributed by atoms with Crippen molar-refractivity contribution in [3.63, 3.8) is 0 Å². The average Bonchev–Trinajstić information content (AvgIpc) is 2.11. The lowest BCUT2D eigenvalue weighted by atomic mass is 10.5. The fourth-order valence-corrected chi connectivity index (χ4v) is 0.470. The summed E-state index contributed by atoms with van der Waals surface area (Å²) < 4.78 is 9.03. The Kier molecular flexibility index (Phi) is 5.77. The fraction of sp³-hybridized carbons (Fsp3) is 0.667. The maximum absolute atomic E-state index is 10.6. The molecule has 0 aliphatic rings. The van der Waals surface area contributed by atoms with Gasteiger partial charge in [-0.25, -0.2) is 5.12 Å². The normalized spacial score (nSPS) is 11.9. The van der Waals surface area contributed by atoms with Crippen LogP contribution in [0.15, 0.2) is 0 Å². The summed E-state index contributed by atoms with van der Waals surface area (Å²) in [5.41, 5.74) is 0. The highest BCUT2D eigenvalue weighted by Gasteiger charge is 2.07. The first-order valence-electron chi connectivity index (χ1n) is 3.74. The summed E-state index contributed by atoms with van der Waals surface area (Å²) in [6.45, 7) is 1.57. The summed E-state index contributed by atoms with van der Waals surface area (Å²) >= 11 is 0. The van der Waals surface area contributed by atoms with E-state index in [0.717, 1.165) is 0 Å². The molecule has 0 saturated carbocycles. The maximum atomic E-state index is 10.6. The molecule has 0 saturated heterocycles. The van der Waals surface area contributed by atoms with Crippen molar-refractivity contribution in [3.8, 4) is 0 Å². The number of nitrogens with one attached hydrogen (secondary N) is 2. The van der Waals surface area contributed by atoms with Gasteiger partial charge in [-0.1, -0.05) is 6.92 Å². The standard InChI is InChI=1S/C6H13N3O4/c1-2-5(10)12-3-4-13-6(11)9(7)8/h7,9H,2-4,8H2,1H3. The highest BCUT2D eigenvalue weighted by molar-refractivity contribution is 5.68. The molecule has 7 nitrogen and oxygen atoms in total. The Hall–Kier alpha value is -1.18. The number of hydrogen-bond acceptors (Lipinski definition) is 5. The van der Waals surface area contributed by atoms with Gasteiger partial charge in [0.15, 0.2) is 0 Å². The minimum atomic E-state index is -0.910. The number of nitrogens with two attached hydrogens (primary N) is 1. The Morgan fingerprint density at radius 3 is 2.38 bits per heavy atom. The highest BCUT2D eigenvalue weighted by atomic mass is 16.6. The van der Waals surface area contributed by atoms with Gasteiger partial charge in [0.2, 0.25) is 0 Å². The molecule has 1 amide bonds. The molecule has 0 aliphatic heterocycles. The molecule has 1 atom stereocenters. The number of carbonyl (C=O) groups excluding carboxylic acids is 2. The molecule has 1 unspecified atom stereocenters. The first-order valence-corrected chi connectivity index (χ1v) is 3.74. The molecule has 0 spiro atoms. The van der Waals surface area contributed by atoms with Crippen LogP contribution in [0.5, 0.6) is 0 Å².